The van der Waals surface area contributed by atoms with Crippen LogP contribution in [0.1, 0.15) is 6.42 Å². The van der Waals surface area contributed by atoms with Gasteiger partial charge in [0.1, 0.15) is 0 Å². The number of carboxylic acid groups (broad SMARTS) is 1. The Morgan fingerprint density at radius 1 is 1.47 bits per heavy atom. The first-order chi connectivity index (χ1) is 8.10. The van der Waals surface area contributed by atoms with Crippen LogP contribution < -0.4 is 5.32 Å². The molecule has 0 aromatic carbocycles. The monoisotopic (exact) mass is 243 g/mol. The molecule has 0 saturated carbocycles. The number of ether oxygens (including phenoxy) is 1. The lowest BCUT2D eigenvalue weighted by atomic mass is 10.4. The molecule has 0 spiro atoms. The fourth-order valence-electron chi connectivity index (χ4n) is 1.14. The summed E-state index contributed by atoms with van der Waals surface area (Å²) in [4.78, 5) is 23.4. The van der Waals surface area contributed by atoms with Crippen molar-refractivity contribution in [2.75, 3.05) is 39.9 Å². The number of methoxy groups -OCH3 is 1. The van der Waals surface area contributed by atoms with E-state index in [-0.39, 0.29) is 32.0 Å². The number of nitrogens with zero attached hydrogens (tertiary/aromatic N) is 2. The zero-order valence-corrected chi connectivity index (χ0v) is 9.81. The Bertz CT molecular complexity index is 288. The largest absolute Gasteiger partial charge is 0.480 e. The summed E-state index contributed by atoms with van der Waals surface area (Å²) in [5.41, 5.74) is 0. The lowest BCUT2D eigenvalue weighted by Gasteiger charge is -2.18. The Morgan fingerprint density at radius 3 is 2.71 bits per heavy atom. The number of hydrogen-bond acceptors (Lipinski definition) is 5. The molecule has 0 heterocycles. The topological polar surface area (TPSA) is 103 Å². The molecular formula is C10H17N3O4. The molecule has 0 saturated heterocycles. The highest BCUT2D eigenvalue weighted by Gasteiger charge is 2.13. The van der Waals surface area contributed by atoms with Gasteiger partial charge in [-0.1, -0.05) is 0 Å². The number of amides is 1. The summed E-state index contributed by atoms with van der Waals surface area (Å²) in [5, 5.41) is 19.5. The molecule has 0 aromatic heterocycles. The van der Waals surface area contributed by atoms with E-state index in [1.165, 1.54) is 12.0 Å². The van der Waals surface area contributed by atoms with Gasteiger partial charge in [0.15, 0.2) is 0 Å². The average Bonchev–Trinajstić information content (AvgIpc) is 2.25. The lowest BCUT2D eigenvalue weighted by Crippen LogP contribution is -2.41. The second-order valence-corrected chi connectivity index (χ2v) is 3.36. The molecule has 0 rings (SSSR count). The van der Waals surface area contributed by atoms with E-state index in [1.54, 1.807) is 0 Å². The number of nitriles is 1. The van der Waals surface area contributed by atoms with Crippen molar-refractivity contribution in [1.29, 1.82) is 5.26 Å². The van der Waals surface area contributed by atoms with Gasteiger partial charge in [0.05, 0.1) is 32.2 Å². The Morgan fingerprint density at radius 2 is 2.18 bits per heavy atom. The SMILES string of the molecule is COCCN(CC(=O)O)CC(=O)NCCC#N. The summed E-state index contributed by atoms with van der Waals surface area (Å²) in [7, 11) is 1.51. The summed E-state index contributed by atoms with van der Waals surface area (Å²) >= 11 is 0. The standard InChI is InChI=1S/C10H17N3O4/c1-17-6-5-13(8-10(15)16)7-9(14)12-4-2-3-11/h2,4-8H2,1H3,(H,12,14)(H,15,16). The van der Waals surface area contributed by atoms with Crippen LogP contribution in [0.5, 0.6) is 0 Å². The van der Waals surface area contributed by atoms with E-state index in [0.29, 0.717) is 13.2 Å². The molecule has 0 atom stereocenters. The van der Waals surface area contributed by atoms with Crippen LogP contribution in [0, 0.1) is 11.3 Å². The van der Waals surface area contributed by atoms with Crippen LogP contribution in [-0.4, -0.2) is 61.8 Å². The quantitative estimate of drug-likeness (QED) is 0.506. The first kappa shape index (κ1) is 15.3. The normalized spacial score (nSPS) is 9.94. The predicted octanol–water partition coefficient (Wildman–Crippen LogP) is -0.951. The van der Waals surface area contributed by atoms with Gasteiger partial charge in [-0.3, -0.25) is 14.5 Å². The van der Waals surface area contributed by atoms with Crippen LogP contribution in [0.25, 0.3) is 0 Å². The van der Waals surface area contributed by atoms with Crippen LogP contribution >= 0.6 is 0 Å². The molecule has 0 bridgehead atoms. The Labute approximate surface area is 100.0 Å². The molecule has 1 amide bonds. The van der Waals surface area contributed by atoms with E-state index in [0.717, 1.165) is 0 Å². The number of carboxylic acids is 1. The molecule has 7 heteroatoms. The summed E-state index contributed by atoms with van der Waals surface area (Å²) in [5.74, 6) is -1.29. The fraction of sp³-hybridized carbons (Fsp3) is 0.700. The summed E-state index contributed by atoms with van der Waals surface area (Å²) in [6, 6.07) is 1.90. The molecule has 2 N–H and O–H groups in total. The molecule has 0 aliphatic heterocycles. The van der Waals surface area contributed by atoms with Crippen LogP contribution in [0.2, 0.25) is 0 Å². The molecule has 0 aliphatic rings. The molecule has 0 aromatic rings. The fourth-order valence-corrected chi connectivity index (χ4v) is 1.14. The molecule has 96 valence electrons. The van der Waals surface area contributed by atoms with Gasteiger partial charge in [-0.2, -0.15) is 5.26 Å². The second kappa shape index (κ2) is 9.57. The molecule has 7 nitrogen and oxygen atoms in total. The summed E-state index contributed by atoms with van der Waals surface area (Å²) in [6.07, 6.45) is 0.239. The van der Waals surface area contributed by atoms with Crippen molar-refractivity contribution < 1.29 is 19.4 Å². The minimum absolute atomic E-state index is 0.0128. The van der Waals surface area contributed by atoms with Crippen molar-refractivity contribution in [1.82, 2.24) is 10.2 Å². The third-order valence-corrected chi connectivity index (χ3v) is 1.90. The van der Waals surface area contributed by atoms with Crippen molar-refractivity contribution in [3.8, 4) is 6.07 Å². The lowest BCUT2D eigenvalue weighted by molar-refractivity contribution is -0.138. The van der Waals surface area contributed by atoms with Gasteiger partial charge < -0.3 is 15.2 Å². The van der Waals surface area contributed by atoms with Crippen molar-refractivity contribution in [3.05, 3.63) is 0 Å². The first-order valence-corrected chi connectivity index (χ1v) is 5.17. The smallest absolute Gasteiger partial charge is 0.317 e. The Hall–Kier alpha value is -1.65. The van der Waals surface area contributed by atoms with Gasteiger partial charge in [0.2, 0.25) is 5.91 Å². The number of nitrogens with one attached hydrogen (secondary N) is 1. The number of carbonyl (C=O) groups is 2. The van der Waals surface area contributed by atoms with Crippen molar-refractivity contribution >= 4 is 11.9 Å². The van der Waals surface area contributed by atoms with Gasteiger partial charge in [-0.15, -0.1) is 0 Å². The Kier molecular flexibility index (Phi) is 8.64. The van der Waals surface area contributed by atoms with Gasteiger partial charge >= 0.3 is 5.97 Å². The third-order valence-electron chi connectivity index (χ3n) is 1.90. The van der Waals surface area contributed by atoms with Crippen LogP contribution in [0.3, 0.4) is 0 Å². The van der Waals surface area contributed by atoms with Crippen LogP contribution in [0.15, 0.2) is 0 Å². The zero-order valence-electron chi connectivity index (χ0n) is 9.81. The zero-order chi connectivity index (χ0) is 13.1. The number of hydrogen-bond donors (Lipinski definition) is 2. The van der Waals surface area contributed by atoms with E-state index in [4.69, 9.17) is 15.1 Å². The van der Waals surface area contributed by atoms with Gasteiger partial charge in [-0.25, -0.2) is 0 Å². The predicted molar refractivity (Wildman–Crippen MR) is 59.2 cm³/mol. The van der Waals surface area contributed by atoms with E-state index < -0.39 is 5.97 Å². The summed E-state index contributed by atoms with van der Waals surface area (Å²) in [6.45, 7) is 0.782. The van der Waals surface area contributed by atoms with Crippen LogP contribution in [-0.2, 0) is 14.3 Å². The number of rotatable bonds is 9. The van der Waals surface area contributed by atoms with Crippen molar-refractivity contribution in [3.63, 3.8) is 0 Å². The third kappa shape index (κ3) is 9.29. The van der Waals surface area contributed by atoms with Gasteiger partial charge in [0.25, 0.3) is 0 Å². The highest BCUT2D eigenvalue weighted by molar-refractivity contribution is 5.79. The first-order valence-electron chi connectivity index (χ1n) is 5.17. The number of carbonyl (C=O) groups excluding carboxylic acids is 1. The van der Waals surface area contributed by atoms with Crippen molar-refractivity contribution in [2.45, 2.75) is 6.42 Å². The van der Waals surface area contributed by atoms with Crippen LogP contribution in [0.4, 0.5) is 0 Å². The molecule has 0 unspecified atom stereocenters. The van der Waals surface area contributed by atoms with E-state index in [2.05, 4.69) is 5.32 Å². The molecule has 0 aliphatic carbocycles. The van der Waals surface area contributed by atoms with E-state index in [1.807, 2.05) is 6.07 Å². The maximum absolute atomic E-state index is 11.4. The summed E-state index contributed by atoms with van der Waals surface area (Å²) < 4.78 is 4.82. The molecule has 17 heavy (non-hydrogen) atoms. The number of aliphatic carboxylic acids is 1. The van der Waals surface area contributed by atoms with Gasteiger partial charge in [0, 0.05) is 20.2 Å². The van der Waals surface area contributed by atoms with Gasteiger partial charge in [-0.05, 0) is 0 Å². The molecular weight excluding hydrogens is 226 g/mol. The maximum atomic E-state index is 11.4. The van der Waals surface area contributed by atoms with E-state index >= 15 is 0 Å². The maximum Gasteiger partial charge on any atom is 0.317 e. The van der Waals surface area contributed by atoms with Crippen molar-refractivity contribution in [2.24, 2.45) is 0 Å². The minimum Gasteiger partial charge on any atom is -0.480 e. The molecule has 0 fully saturated rings. The average molecular weight is 243 g/mol. The highest BCUT2D eigenvalue weighted by Crippen LogP contribution is 1.89. The second-order valence-electron chi connectivity index (χ2n) is 3.36. The Balaban J connectivity index is 3.99. The molecule has 0 radical (unpaired) electrons. The minimum atomic E-state index is -0.995. The van der Waals surface area contributed by atoms with E-state index in [9.17, 15) is 9.59 Å². The highest BCUT2D eigenvalue weighted by atomic mass is 16.5.